The van der Waals surface area contributed by atoms with Crippen LogP contribution in [-0.2, 0) is 9.53 Å². The summed E-state index contributed by atoms with van der Waals surface area (Å²) in [7, 11) is 1.50. The van der Waals surface area contributed by atoms with E-state index in [1.807, 2.05) is 24.3 Å². The maximum Gasteiger partial charge on any atom is 0.407 e. The molecule has 2 N–H and O–H groups in total. The second kappa shape index (κ2) is 9.21. The molecule has 0 aliphatic heterocycles. The van der Waals surface area contributed by atoms with Crippen molar-refractivity contribution in [3.05, 3.63) is 48.0 Å². The zero-order valence-corrected chi connectivity index (χ0v) is 13.6. The van der Waals surface area contributed by atoms with Crippen LogP contribution in [0, 0.1) is 11.8 Å². The molecule has 0 spiro atoms. The minimum absolute atomic E-state index is 0.0871. The van der Waals surface area contributed by atoms with E-state index in [1.165, 1.54) is 12.4 Å². The van der Waals surface area contributed by atoms with Crippen LogP contribution in [0.3, 0.4) is 0 Å². The highest BCUT2D eigenvalue weighted by atomic mass is 16.5. The van der Waals surface area contributed by atoms with Crippen LogP contribution >= 0.6 is 0 Å². The summed E-state index contributed by atoms with van der Waals surface area (Å²) in [5.74, 6) is 6.00. The summed E-state index contributed by atoms with van der Waals surface area (Å²) in [4.78, 5) is 22.3. The Morgan fingerprint density at radius 1 is 1.12 bits per heavy atom. The normalized spacial score (nSPS) is 9.71. The van der Waals surface area contributed by atoms with E-state index in [9.17, 15) is 9.59 Å². The van der Waals surface area contributed by atoms with Gasteiger partial charge in [-0.1, -0.05) is 48.2 Å². The average Bonchev–Trinajstić information content (AvgIpc) is 2.62. The summed E-state index contributed by atoms with van der Waals surface area (Å²) < 4.78 is 4.96. The van der Waals surface area contributed by atoms with Gasteiger partial charge in [0.1, 0.15) is 0 Å². The van der Waals surface area contributed by atoms with Crippen LogP contribution in [0.25, 0.3) is 10.8 Å². The fourth-order valence-corrected chi connectivity index (χ4v) is 2.11. The zero-order chi connectivity index (χ0) is 17.2. The summed E-state index contributed by atoms with van der Waals surface area (Å²) in [6.07, 6.45) is 0.678. The fourth-order valence-electron chi connectivity index (χ4n) is 2.11. The summed E-state index contributed by atoms with van der Waals surface area (Å²) in [6.45, 7) is 0.181. The molecule has 0 aliphatic rings. The summed E-state index contributed by atoms with van der Waals surface area (Å²) in [6, 6.07) is 14.2. The Hall–Kier alpha value is -3.00. The number of amides is 2. The molecule has 2 amide bonds. The number of benzene rings is 2. The SMILES string of the molecule is CNC(=O)CNC(=O)OCCCC#Cc1cccc2ccccc12. The third-order valence-corrected chi connectivity index (χ3v) is 3.36. The van der Waals surface area contributed by atoms with Gasteiger partial charge in [0.2, 0.25) is 5.91 Å². The molecule has 0 bridgehead atoms. The monoisotopic (exact) mass is 324 g/mol. The van der Waals surface area contributed by atoms with Gasteiger partial charge in [-0.25, -0.2) is 4.79 Å². The van der Waals surface area contributed by atoms with Crippen molar-refractivity contribution >= 4 is 22.8 Å². The van der Waals surface area contributed by atoms with Crippen molar-refractivity contribution in [2.45, 2.75) is 12.8 Å². The number of hydrogen-bond donors (Lipinski definition) is 2. The molecule has 0 fully saturated rings. The molecule has 0 aromatic heterocycles. The molecular formula is C19H20N2O3. The summed E-state index contributed by atoms with van der Waals surface area (Å²) in [5, 5.41) is 7.07. The van der Waals surface area contributed by atoms with E-state index in [4.69, 9.17) is 4.74 Å². The van der Waals surface area contributed by atoms with E-state index >= 15 is 0 Å². The van der Waals surface area contributed by atoms with E-state index in [0.717, 1.165) is 10.9 Å². The molecule has 0 unspecified atom stereocenters. The van der Waals surface area contributed by atoms with Gasteiger partial charge in [0.15, 0.2) is 0 Å². The number of carbonyl (C=O) groups excluding carboxylic acids is 2. The van der Waals surface area contributed by atoms with E-state index in [1.54, 1.807) is 0 Å². The number of carbonyl (C=O) groups is 2. The lowest BCUT2D eigenvalue weighted by atomic mass is 10.0. The third-order valence-electron chi connectivity index (χ3n) is 3.36. The van der Waals surface area contributed by atoms with Gasteiger partial charge in [0.25, 0.3) is 0 Å². The summed E-state index contributed by atoms with van der Waals surface area (Å²) in [5.41, 5.74) is 0.998. The number of alkyl carbamates (subject to hydrolysis) is 1. The molecule has 0 heterocycles. The number of unbranched alkanes of at least 4 members (excludes halogenated alkanes) is 1. The lowest BCUT2D eigenvalue weighted by molar-refractivity contribution is -0.119. The second-order valence-corrected chi connectivity index (χ2v) is 5.09. The highest BCUT2D eigenvalue weighted by Crippen LogP contribution is 2.17. The molecule has 24 heavy (non-hydrogen) atoms. The Morgan fingerprint density at radius 2 is 1.92 bits per heavy atom. The van der Waals surface area contributed by atoms with Crippen molar-refractivity contribution in [3.8, 4) is 11.8 Å². The standard InChI is InChI=1S/C19H20N2O3/c1-20-18(22)14-21-19(23)24-13-6-2-3-8-15-10-7-11-16-9-4-5-12-17(15)16/h4-5,7,9-12H,2,6,13-14H2,1H3,(H,20,22)(H,21,23). The molecule has 0 saturated heterocycles. The molecule has 0 aliphatic carbocycles. The maximum absolute atomic E-state index is 11.3. The number of fused-ring (bicyclic) bond motifs is 1. The topological polar surface area (TPSA) is 67.4 Å². The smallest absolute Gasteiger partial charge is 0.407 e. The predicted molar refractivity (Wildman–Crippen MR) is 93.5 cm³/mol. The molecule has 2 rings (SSSR count). The molecule has 124 valence electrons. The predicted octanol–water partition coefficient (Wildman–Crippen LogP) is 2.44. The Labute approximate surface area is 141 Å². The number of ether oxygens (including phenoxy) is 1. The van der Waals surface area contributed by atoms with Crippen molar-refractivity contribution in [2.75, 3.05) is 20.2 Å². The van der Waals surface area contributed by atoms with E-state index in [0.29, 0.717) is 12.8 Å². The van der Waals surface area contributed by atoms with Gasteiger partial charge in [-0.05, 0) is 23.3 Å². The Kier molecular flexibility index (Phi) is 6.66. The van der Waals surface area contributed by atoms with Crippen LogP contribution in [0.4, 0.5) is 4.79 Å². The number of rotatable bonds is 5. The average molecular weight is 324 g/mol. The third kappa shape index (κ3) is 5.33. The van der Waals surface area contributed by atoms with Gasteiger partial charge in [-0.3, -0.25) is 4.79 Å². The first kappa shape index (κ1) is 17.4. The van der Waals surface area contributed by atoms with Crippen molar-refractivity contribution < 1.29 is 14.3 Å². The van der Waals surface area contributed by atoms with Crippen LogP contribution < -0.4 is 10.6 Å². The number of hydrogen-bond acceptors (Lipinski definition) is 3. The van der Waals surface area contributed by atoms with Crippen LogP contribution in [0.5, 0.6) is 0 Å². The Morgan fingerprint density at radius 3 is 2.75 bits per heavy atom. The van der Waals surface area contributed by atoms with E-state index < -0.39 is 6.09 Å². The molecule has 5 nitrogen and oxygen atoms in total. The quantitative estimate of drug-likeness (QED) is 0.656. The van der Waals surface area contributed by atoms with Crippen molar-refractivity contribution in [2.24, 2.45) is 0 Å². The van der Waals surface area contributed by atoms with Crippen LogP contribution in [-0.4, -0.2) is 32.2 Å². The van der Waals surface area contributed by atoms with Crippen LogP contribution in [0.1, 0.15) is 18.4 Å². The van der Waals surface area contributed by atoms with Gasteiger partial charge in [-0.2, -0.15) is 0 Å². The largest absolute Gasteiger partial charge is 0.450 e. The Bertz CT molecular complexity index is 770. The number of likely N-dealkylation sites (N-methyl/N-ethyl adjacent to an activating group) is 1. The maximum atomic E-state index is 11.3. The van der Waals surface area contributed by atoms with E-state index in [-0.39, 0.29) is 19.1 Å². The number of nitrogens with one attached hydrogen (secondary N) is 2. The summed E-state index contributed by atoms with van der Waals surface area (Å²) >= 11 is 0. The molecule has 2 aromatic carbocycles. The fraction of sp³-hybridized carbons (Fsp3) is 0.263. The van der Waals surface area contributed by atoms with Gasteiger partial charge in [0.05, 0.1) is 13.2 Å². The van der Waals surface area contributed by atoms with Gasteiger partial charge < -0.3 is 15.4 Å². The van der Waals surface area contributed by atoms with Crippen LogP contribution in [0.2, 0.25) is 0 Å². The van der Waals surface area contributed by atoms with E-state index in [2.05, 4.69) is 40.7 Å². The lowest BCUT2D eigenvalue weighted by Crippen LogP contribution is -2.35. The lowest BCUT2D eigenvalue weighted by Gasteiger charge is -2.05. The molecule has 5 heteroatoms. The second-order valence-electron chi connectivity index (χ2n) is 5.09. The Balaban J connectivity index is 1.74. The first-order valence-electron chi connectivity index (χ1n) is 7.78. The van der Waals surface area contributed by atoms with Gasteiger partial charge >= 0.3 is 6.09 Å². The first-order valence-corrected chi connectivity index (χ1v) is 7.78. The minimum atomic E-state index is -0.597. The molecular weight excluding hydrogens is 304 g/mol. The molecule has 0 saturated carbocycles. The minimum Gasteiger partial charge on any atom is -0.450 e. The van der Waals surface area contributed by atoms with Crippen molar-refractivity contribution in [1.29, 1.82) is 0 Å². The van der Waals surface area contributed by atoms with Gasteiger partial charge in [0, 0.05) is 19.0 Å². The molecule has 0 radical (unpaired) electrons. The van der Waals surface area contributed by atoms with Crippen LogP contribution in [0.15, 0.2) is 42.5 Å². The highest BCUT2D eigenvalue weighted by molar-refractivity contribution is 5.88. The highest BCUT2D eigenvalue weighted by Gasteiger charge is 2.03. The zero-order valence-electron chi connectivity index (χ0n) is 13.6. The van der Waals surface area contributed by atoms with Crippen molar-refractivity contribution in [1.82, 2.24) is 10.6 Å². The molecule has 2 aromatic rings. The first-order chi connectivity index (χ1) is 11.7. The van der Waals surface area contributed by atoms with Gasteiger partial charge in [-0.15, -0.1) is 0 Å². The molecule has 0 atom stereocenters. The van der Waals surface area contributed by atoms with Crippen molar-refractivity contribution in [3.63, 3.8) is 0 Å².